The molecule has 4 N–H and O–H groups in total. The fourth-order valence-corrected chi connectivity index (χ4v) is 3.12. The third kappa shape index (κ3) is 2.81. The minimum Gasteiger partial charge on any atom is -0.508 e. The largest absolute Gasteiger partial charge is 0.508 e. The van der Waals surface area contributed by atoms with Gasteiger partial charge >= 0.3 is 0 Å². The molecule has 3 aromatic carbocycles. The monoisotopic (exact) mass is 319 g/mol. The van der Waals surface area contributed by atoms with Gasteiger partial charge in [-0.05, 0) is 65.9 Å². The Morgan fingerprint density at radius 1 is 0.708 bits per heavy atom. The van der Waals surface area contributed by atoms with Gasteiger partial charge in [0.15, 0.2) is 0 Å². The SMILES string of the molecule is Cc1c(O)cccc1C(c1ccc(N)cc1)c1cccc(O)c1C. The van der Waals surface area contributed by atoms with Crippen molar-refractivity contribution in [3.8, 4) is 11.5 Å². The molecule has 3 heteroatoms. The first-order valence-corrected chi connectivity index (χ1v) is 7.91. The summed E-state index contributed by atoms with van der Waals surface area (Å²) < 4.78 is 0. The van der Waals surface area contributed by atoms with Crippen molar-refractivity contribution in [1.82, 2.24) is 0 Å². The van der Waals surface area contributed by atoms with Crippen molar-refractivity contribution < 1.29 is 10.2 Å². The molecule has 122 valence electrons. The molecule has 0 heterocycles. The van der Waals surface area contributed by atoms with Gasteiger partial charge in [0.05, 0.1) is 0 Å². The molecule has 0 unspecified atom stereocenters. The number of aromatic hydroxyl groups is 2. The Morgan fingerprint density at radius 2 is 1.17 bits per heavy atom. The summed E-state index contributed by atoms with van der Waals surface area (Å²) in [6.45, 7) is 3.82. The normalized spacial score (nSPS) is 11.0. The van der Waals surface area contributed by atoms with E-state index in [2.05, 4.69) is 0 Å². The lowest BCUT2D eigenvalue weighted by Crippen LogP contribution is -2.07. The van der Waals surface area contributed by atoms with Gasteiger partial charge in [-0.2, -0.15) is 0 Å². The van der Waals surface area contributed by atoms with Crippen LogP contribution in [0.3, 0.4) is 0 Å². The molecule has 0 spiro atoms. The number of rotatable bonds is 3. The van der Waals surface area contributed by atoms with Crippen LogP contribution >= 0.6 is 0 Å². The predicted octanol–water partition coefficient (Wildman–Crippen LogP) is 4.48. The average molecular weight is 319 g/mol. The number of benzene rings is 3. The Kier molecular flexibility index (Phi) is 4.17. The van der Waals surface area contributed by atoms with Crippen LogP contribution in [0.25, 0.3) is 0 Å². The molecule has 0 amide bonds. The number of phenolic OH excluding ortho intramolecular Hbond substituents is 2. The molecule has 0 bridgehead atoms. The van der Waals surface area contributed by atoms with Crippen LogP contribution in [0.15, 0.2) is 60.7 Å². The van der Waals surface area contributed by atoms with Crippen LogP contribution in [0.4, 0.5) is 5.69 Å². The van der Waals surface area contributed by atoms with Gasteiger partial charge in [0.25, 0.3) is 0 Å². The first kappa shape index (κ1) is 15.9. The van der Waals surface area contributed by atoms with E-state index in [4.69, 9.17) is 5.73 Å². The van der Waals surface area contributed by atoms with E-state index in [1.165, 1.54) is 0 Å². The zero-order valence-corrected chi connectivity index (χ0v) is 13.8. The molecule has 3 nitrogen and oxygen atoms in total. The highest BCUT2D eigenvalue weighted by Crippen LogP contribution is 2.39. The molecular weight excluding hydrogens is 298 g/mol. The van der Waals surface area contributed by atoms with Gasteiger partial charge in [0.2, 0.25) is 0 Å². The van der Waals surface area contributed by atoms with Gasteiger partial charge in [0.1, 0.15) is 11.5 Å². The highest BCUT2D eigenvalue weighted by molar-refractivity contribution is 5.55. The van der Waals surface area contributed by atoms with Crippen molar-refractivity contribution in [3.05, 3.63) is 88.5 Å². The summed E-state index contributed by atoms with van der Waals surface area (Å²) in [5.74, 6) is 0.446. The van der Waals surface area contributed by atoms with Gasteiger partial charge in [-0.15, -0.1) is 0 Å². The molecule has 0 saturated heterocycles. The van der Waals surface area contributed by atoms with E-state index in [-0.39, 0.29) is 17.4 Å². The lowest BCUT2D eigenvalue weighted by Gasteiger charge is -2.23. The number of nitrogen functional groups attached to an aromatic ring is 1. The van der Waals surface area contributed by atoms with Crippen LogP contribution in [0.2, 0.25) is 0 Å². The van der Waals surface area contributed by atoms with E-state index in [0.717, 1.165) is 27.8 Å². The molecule has 0 aliphatic rings. The Bertz CT molecular complexity index is 818. The minimum atomic E-state index is -0.0928. The van der Waals surface area contributed by atoms with E-state index in [9.17, 15) is 10.2 Å². The van der Waals surface area contributed by atoms with Crippen LogP contribution in [0.5, 0.6) is 11.5 Å². The van der Waals surface area contributed by atoms with E-state index >= 15 is 0 Å². The summed E-state index contributed by atoms with van der Waals surface area (Å²) in [5.41, 5.74) is 11.3. The van der Waals surface area contributed by atoms with E-state index in [0.29, 0.717) is 5.69 Å². The maximum atomic E-state index is 10.1. The zero-order valence-electron chi connectivity index (χ0n) is 13.8. The van der Waals surface area contributed by atoms with Gasteiger partial charge in [0, 0.05) is 11.6 Å². The molecule has 0 aliphatic heterocycles. The number of hydrogen-bond acceptors (Lipinski definition) is 3. The second-order valence-corrected chi connectivity index (χ2v) is 6.08. The lowest BCUT2D eigenvalue weighted by molar-refractivity contribution is 0.469. The van der Waals surface area contributed by atoms with E-state index in [1.54, 1.807) is 12.1 Å². The van der Waals surface area contributed by atoms with Crippen molar-refractivity contribution in [2.75, 3.05) is 5.73 Å². The zero-order chi connectivity index (χ0) is 17.3. The van der Waals surface area contributed by atoms with Crippen molar-refractivity contribution in [2.45, 2.75) is 19.8 Å². The van der Waals surface area contributed by atoms with Crippen LogP contribution in [0, 0.1) is 13.8 Å². The van der Waals surface area contributed by atoms with Gasteiger partial charge in [-0.1, -0.05) is 36.4 Å². The molecule has 0 saturated carbocycles. The van der Waals surface area contributed by atoms with E-state index in [1.807, 2.05) is 62.4 Å². The quantitative estimate of drug-likeness (QED) is 0.492. The van der Waals surface area contributed by atoms with Crippen molar-refractivity contribution in [2.24, 2.45) is 0 Å². The fraction of sp³-hybridized carbons (Fsp3) is 0.143. The third-order valence-electron chi connectivity index (χ3n) is 4.59. The molecular formula is C21H21NO2. The summed E-state index contributed by atoms with van der Waals surface area (Å²) in [4.78, 5) is 0. The Labute approximate surface area is 142 Å². The summed E-state index contributed by atoms with van der Waals surface area (Å²) in [6, 6.07) is 18.8. The molecule has 3 aromatic rings. The fourth-order valence-electron chi connectivity index (χ4n) is 3.12. The molecule has 0 fully saturated rings. The average Bonchev–Trinajstić information content (AvgIpc) is 2.57. The van der Waals surface area contributed by atoms with Crippen molar-refractivity contribution >= 4 is 5.69 Å². The Balaban J connectivity index is 2.27. The molecule has 3 rings (SSSR count). The first-order valence-electron chi connectivity index (χ1n) is 7.91. The smallest absolute Gasteiger partial charge is 0.118 e. The number of nitrogens with two attached hydrogens (primary N) is 1. The highest BCUT2D eigenvalue weighted by Gasteiger charge is 2.22. The van der Waals surface area contributed by atoms with Crippen molar-refractivity contribution in [1.29, 1.82) is 0 Å². The second-order valence-electron chi connectivity index (χ2n) is 6.08. The maximum absolute atomic E-state index is 10.1. The number of anilines is 1. The Hall–Kier alpha value is -2.94. The lowest BCUT2D eigenvalue weighted by atomic mass is 9.81. The summed E-state index contributed by atoms with van der Waals surface area (Å²) in [7, 11) is 0. The number of phenols is 2. The summed E-state index contributed by atoms with van der Waals surface area (Å²) in [6.07, 6.45) is 0. The summed E-state index contributed by atoms with van der Waals surface area (Å²) >= 11 is 0. The van der Waals surface area contributed by atoms with Crippen LogP contribution < -0.4 is 5.73 Å². The van der Waals surface area contributed by atoms with Gasteiger partial charge in [-0.3, -0.25) is 0 Å². The molecule has 0 radical (unpaired) electrons. The topological polar surface area (TPSA) is 66.5 Å². The molecule has 0 aliphatic carbocycles. The maximum Gasteiger partial charge on any atom is 0.118 e. The molecule has 24 heavy (non-hydrogen) atoms. The van der Waals surface area contributed by atoms with Crippen LogP contribution in [-0.4, -0.2) is 10.2 Å². The molecule has 0 aromatic heterocycles. The number of hydrogen-bond donors (Lipinski definition) is 3. The van der Waals surface area contributed by atoms with Gasteiger partial charge in [-0.25, -0.2) is 0 Å². The first-order chi connectivity index (χ1) is 11.5. The minimum absolute atomic E-state index is 0.0928. The van der Waals surface area contributed by atoms with Gasteiger partial charge < -0.3 is 15.9 Å². The highest BCUT2D eigenvalue weighted by atomic mass is 16.3. The molecule has 0 atom stereocenters. The predicted molar refractivity (Wildman–Crippen MR) is 97.5 cm³/mol. The Morgan fingerprint density at radius 3 is 1.62 bits per heavy atom. The van der Waals surface area contributed by atoms with Crippen LogP contribution in [-0.2, 0) is 0 Å². The van der Waals surface area contributed by atoms with Crippen LogP contribution in [0.1, 0.15) is 33.7 Å². The third-order valence-corrected chi connectivity index (χ3v) is 4.59. The van der Waals surface area contributed by atoms with Crippen molar-refractivity contribution in [3.63, 3.8) is 0 Å². The summed E-state index contributed by atoms with van der Waals surface area (Å²) in [5, 5.41) is 20.3. The standard InChI is InChI=1S/C21H21NO2/c1-13-17(5-3-7-19(13)23)21(15-9-11-16(22)12-10-15)18-6-4-8-20(24)14(18)2/h3-12,21,23-24H,22H2,1-2H3. The second kappa shape index (κ2) is 6.28. The van der Waals surface area contributed by atoms with E-state index < -0.39 is 0 Å².